The number of sulfonamides is 1. The fourth-order valence-electron chi connectivity index (χ4n) is 6.62. The van der Waals surface area contributed by atoms with Crippen molar-refractivity contribution in [3.63, 3.8) is 0 Å². The molecule has 15 heteroatoms. The molecule has 6 aromatic rings. The first-order valence-corrected chi connectivity index (χ1v) is 21.0. The van der Waals surface area contributed by atoms with Gasteiger partial charge in [0.2, 0.25) is 15.2 Å². The fraction of sp³-hybridized carbons (Fsp3) is 0.279. The van der Waals surface area contributed by atoms with E-state index in [9.17, 15) is 22.7 Å². The summed E-state index contributed by atoms with van der Waals surface area (Å²) >= 11 is 1.12. The second kappa shape index (κ2) is 17.1. The summed E-state index contributed by atoms with van der Waals surface area (Å²) in [5.74, 6) is -1.03. The number of carboxylic acid groups (broad SMARTS) is 1. The smallest absolute Gasteiger partial charge is 0.355 e. The van der Waals surface area contributed by atoms with E-state index in [2.05, 4.69) is 4.98 Å². The molecule has 0 radical (unpaired) electrons. The van der Waals surface area contributed by atoms with Crippen LogP contribution in [-0.2, 0) is 36.0 Å². The summed E-state index contributed by atoms with van der Waals surface area (Å²) in [6, 6.07) is 22.5. The van der Waals surface area contributed by atoms with Crippen molar-refractivity contribution >= 4 is 27.3 Å². The minimum Gasteiger partial charge on any atom is -0.497 e. The van der Waals surface area contributed by atoms with Crippen LogP contribution in [0.15, 0.2) is 95.2 Å². The Kier molecular flexibility index (Phi) is 11.9. The molecule has 1 fully saturated rings. The standard InChI is InChI=1S/C43H42F2N4O7S2/c1-26(2)56-39-22-31(12-17-35(39)44)41-34(38(21-27-5-6-27)49(47-41)43-46-37(25-57-43)42(50)51)19-30-11-18-40(36(45)20-30)58(52,53)48(23-28-7-13-32(54-3)14-8-28)24-29-9-15-33(55-4)16-10-29/h7-18,20,22,25-27H,5-6,19,21,23-24H2,1-4H3,(H,50,51). The monoisotopic (exact) mass is 828 g/mol. The number of hydrogen-bond acceptors (Lipinski definition) is 9. The van der Waals surface area contributed by atoms with Gasteiger partial charge in [0.1, 0.15) is 22.2 Å². The largest absolute Gasteiger partial charge is 0.497 e. The third kappa shape index (κ3) is 9.06. The number of carbonyl (C=O) groups is 1. The topological polar surface area (TPSA) is 133 Å². The van der Waals surface area contributed by atoms with Gasteiger partial charge in [-0.3, -0.25) is 0 Å². The van der Waals surface area contributed by atoms with E-state index in [4.69, 9.17) is 19.3 Å². The molecule has 0 bridgehead atoms. The van der Waals surface area contributed by atoms with Gasteiger partial charge in [-0.25, -0.2) is 31.7 Å². The maximum absolute atomic E-state index is 16.4. The Morgan fingerprint density at radius 3 is 2.05 bits per heavy atom. The van der Waals surface area contributed by atoms with E-state index >= 15 is 4.39 Å². The maximum atomic E-state index is 16.4. The van der Waals surface area contributed by atoms with Gasteiger partial charge < -0.3 is 19.3 Å². The van der Waals surface area contributed by atoms with Crippen molar-refractivity contribution in [1.29, 1.82) is 0 Å². The van der Waals surface area contributed by atoms with Crippen LogP contribution in [0.4, 0.5) is 8.78 Å². The van der Waals surface area contributed by atoms with E-state index in [0.717, 1.165) is 29.9 Å². The lowest BCUT2D eigenvalue weighted by Crippen LogP contribution is -2.31. The summed E-state index contributed by atoms with van der Waals surface area (Å²) in [5, 5.41) is 16.3. The summed E-state index contributed by atoms with van der Waals surface area (Å²) in [6.45, 7) is 3.51. The molecule has 0 aliphatic heterocycles. The van der Waals surface area contributed by atoms with Crippen LogP contribution in [0.3, 0.4) is 0 Å². The van der Waals surface area contributed by atoms with Crippen LogP contribution in [0, 0.1) is 17.6 Å². The van der Waals surface area contributed by atoms with Crippen molar-refractivity contribution in [2.24, 2.45) is 5.92 Å². The average Bonchev–Trinajstić information content (AvgIpc) is 3.76. The minimum absolute atomic E-state index is 0.0346. The van der Waals surface area contributed by atoms with Crippen LogP contribution in [0.2, 0.25) is 0 Å². The molecule has 0 saturated heterocycles. The predicted octanol–water partition coefficient (Wildman–Crippen LogP) is 8.71. The summed E-state index contributed by atoms with van der Waals surface area (Å²) in [4.78, 5) is 15.6. The van der Waals surface area contributed by atoms with Gasteiger partial charge in [0.05, 0.1) is 31.7 Å². The van der Waals surface area contributed by atoms with Gasteiger partial charge in [0.25, 0.3) is 0 Å². The highest BCUT2D eigenvalue weighted by molar-refractivity contribution is 7.89. The lowest BCUT2D eigenvalue weighted by atomic mass is 9.96. The molecule has 1 saturated carbocycles. The Labute approximate surface area is 339 Å². The van der Waals surface area contributed by atoms with E-state index in [1.807, 2.05) is 0 Å². The van der Waals surface area contributed by atoms with Crippen molar-refractivity contribution in [3.8, 4) is 33.6 Å². The minimum atomic E-state index is -4.40. The van der Waals surface area contributed by atoms with Gasteiger partial charge in [0.15, 0.2) is 17.3 Å². The molecule has 2 heterocycles. The molecule has 0 spiro atoms. The van der Waals surface area contributed by atoms with Gasteiger partial charge >= 0.3 is 5.97 Å². The van der Waals surface area contributed by atoms with E-state index in [-0.39, 0.29) is 37.1 Å². The number of rotatable bonds is 17. The number of ether oxygens (including phenoxy) is 3. The van der Waals surface area contributed by atoms with Gasteiger partial charge in [-0.1, -0.05) is 30.3 Å². The fourth-order valence-corrected chi connectivity index (χ4v) is 8.86. The van der Waals surface area contributed by atoms with Crippen LogP contribution in [-0.4, -0.2) is 58.9 Å². The van der Waals surface area contributed by atoms with Crippen LogP contribution in [0.1, 0.15) is 65.1 Å². The zero-order valence-corrected chi connectivity index (χ0v) is 33.9. The normalized spacial score (nSPS) is 13.0. The molecular weight excluding hydrogens is 787 g/mol. The SMILES string of the molecule is COc1ccc(CN(Cc2ccc(OC)cc2)S(=O)(=O)c2ccc(Cc3c(-c4ccc(F)c(OC(C)C)c4)nn(-c4nc(C(=O)O)cs4)c3CC3CC3)cc2F)cc1. The van der Waals surface area contributed by atoms with Crippen molar-refractivity contribution < 1.29 is 41.3 Å². The van der Waals surface area contributed by atoms with Gasteiger partial charge in [-0.2, -0.15) is 9.40 Å². The Bertz CT molecular complexity index is 2490. The lowest BCUT2D eigenvalue weighted by molar-refractivity contribution is 0.0691. The van der Waals surface area contributed by atoms with Gasteiger partial charge in [0, 0.05) is 36.0 Å². The molecule has 7 rings (SSSR count). The van der Waals surface area contributed by atoms with Gasteiger partial charge in [-0.15, -0.1) is 11.3 Å². The first-order chi connectivity index (χ1) is 27.8. The average molecular weight is 829 g/mol. The van der Waals surface area contributed by atoms with Crippen LogP contribution in [0.25, 0.3) is 16.4 Å². The number of thiazole rings is 1. The van der Waals surface area contributed by atoms with Crippen LogP contribution in [0.5, 0.6) is 17.2 Å². The number of benzene rings is 4. The Balaban J connectivity index is 1.28. The zero-order chi connectivity index (χ0) is 41.1. The van der Waals surface area contributed by atoms with E-state index in [1.165, 1.54) is 27.9 Å². The highest BCUT2D eigenvalue weighted by Crippen LogP contribution is 2.39. The second-order valence-electron chi connectivity index (χ2n) is 14.4. The second-order valence-corrected chi connectivity index (χ2v) is 17.1. The lowest BCUT2D eigenvalue weighted by Gasteiger charge is -2.23. The van der Waals surface area contributed by atoms with Crippen LogP contribution < -0.4 is 14.2 Å². The molecule has 0 amide bonds. The highest BCUT2D eigenvalue weighted by atomic mass is 32.2. The molecule has 1 N–H and O–H groups in total. The quantitative estimate of drug-likeness (QED) is 0.0959. The molecule has 58 heavy (non-hydrogen) atoms. The molecule has 2 aromatic heterocycles. The summed E-state index contributed by atoms with van der Waals surface area (Å²) in [6.07, 6.45) is 2.39. The van der Waals surface area contributed by atoms with Gasteiger partial charge in [-0.05, 0) is 110 Å². The number of methoxy groups -OCH3 is 2. The Morgan fingerprint density at radius 2 is 1.52 bits per heavy atom. The summed E-state index contributed by atoms with van der Waals surface area (Å²) in [5.41, 5.74) is 4.14. The highest BCUT2D eigenvalue weighted by Gasteiger charge is 2.31. The molecule has 0 unspecified atom stereocenters. The summed E-state index contributed by atoms with van der Waals surface area (Å²) in [7, 11) is -1.31. The summed E-state index contributed by atoms with van der Waals surface area (Å²) < 4.78 is 79.3. The number of aromatic carboxylic acids is 1. The van der Waals surface area contributed by atoms with E-state index in [1.54, 1.807) is 99.5 Å². The zero-order valence-electron chi connectivity index (χ0n) is 32.3. The molecule has 0 atom stereocenters. The first-order valence-electron chi connectivity index (χ1n) is 18.6. The van der Waals surface area contributed by atoms with Crippen molar-refractivity contribution in [1.82, 2.24) is 19.1 Å². The Hall–Kier alpha value is -5.64. The first kappa shape index (κ1) is 40.6. The number of carboxylic acids is 1. The Morgan fingerprint density at radius 1 is 0.897 bits per heavy atom. The predicted molar refractivity (Wildman–Crippen MR) is 215 cm³/mol. The van der Waals surface area contributed by atoms with Crippen molar-refractivity contribution in [3.05, 3.63) is 136 Å². The third-order valence-electron chi connectivity index (χ3n) is 9.76. The van der Waals surface area contributed by atoms with E-state index in [0.29, 0.717) is 62.5 Å². The maximum Gasteiger partial charge on any atom is 0.355 e. The van der Waals surface area contributed by atoms with Crippen LogP contribution >= 0.6 is 11.3 Å². The van der Waals surface area contributed by atoms with Crippen molar-refractivity contribution in [2.75, 3.05) is 14.2 Å². The number of halogens is 2. The third-order valence-corrected chi connectivity index (χ3v) is 12.4. The molecule has 4 aromatic carbocycles. The number of hydrogen-bond donors (Lipinski definition) is 1. The van der Waals surface area contributed by atoms with E-state index < -0.39 is 32.5 Å². The molecule has 302 valence electrons. The molecule has 11 nitrogen and oxygen atoms in total. The molecular formula is C43H42F2N4O7S2. The number of nitrogens with zero attached hydrogens (tertiary/aromatic N) is 4. The molecule has 1 aliphatic carbocycles. The number of aromatic nitrogens is 3. The molecule has 1 aliphatic rings. The van der Waals surface area contributed by atoms with Crippen molar-refractivity contribution in [2.45, 2.75) is 63.6 Å².